The summed E-state index contributed by atoms with van der Waals surface area (Å²) in [5.74, 6) is 0.0688. The van der Waals surface area contributed by atoms with Crippen LogP contribution < -0.4 is 10.3 Å². The van der Waals surface area contributed by atoms with Gasteiger partial charge in [0.15, 0.2) is 0 Å². The largest absolute Gasteiger partial charge is 0.364 e. The predicted octanol–water partition coefficient (Wildman–Crippen LogP) is 3.55. The van der Waals surface area contributed by atoms with Crippen LogP contribution in [0.15, 0.2) is 23.3 Å². The van der Waals surface area contributed by atoms with Crippen LogP contribution in [-0.4, -0.2) is 23.7 Å². The van der Waals surface area contributed by atoms with Crippen LogP contribution in [0.2, 0.25) is 0 Å². The summed E-state index contributed by atoms with van der Waals surface area (Å²) < 4.78 is 0. The number of hydrogen-bond acceptors (Lipinski definition) is 4. The zero-order valence-electron chi connectivity index (χ0n) is 15.1. The normalized spacial score (nSPS) is 19.2. The third-order valence-corrected chi connectivity index (χ3v) is 4.46. The van der Waals surface area contributed by atoms with Gasteiger partial charge < -0.3 is 4.90 Å². The van der Waals surface area contributed by atoms with Crippen molar-refractivity contribution in [3.05, 3.63) is 29.3 Å². The fraction of sp³-hybridized carbons (Fsp3) is 0.526. The molecule has 0 radical (unpaired) electrons. The van der Waals surface area contributed by atoms with Gasteiger partial charge in [0, 0.05) is 17.3 Å². The molecule has 2 rings (SSSR count). The molecule has 1 aliphatic heterocycles. The molecule has 128 valence electrons. The van der Waals surface area contributed by atoms with E-state index in [2.05, 4.69) is 62.2 Å². The minimum absolute atomic E-state index is 0.126. The summed E-state index contributed by atoms with van der Waals surface area (Å²) >= 11 is 0. The van der Waals surface area contributed by atoms with Gasteiger partial charge in [-0.3, -0.25) is 4.79 Å². The second-order valence-electron chi connectivity index (χ2n) is 7.33. The van der Waals surface area contributed by atoms with Gasteiger partial charge in [-0.25, -0.2) is 5.43 Å². The minimum atomic E-state index is -0.396. The third-order valence-electron chi connectivity index (χ3n) is 4.46. The van der Waals surface area contributed by atoms with Gasteiger partial charge in [0.25, 0.3) is 5.91 Å². The molecule has 0 saturated heterocycles. The van der Waals surface area contributed by atoms with Crippen molar-refractivity contribution in [3.8, 4) is 6.07 Å². The molecule has 0 fully saturated rings. The van der Waals surface area contributed by atoms with Crippen molar-refractivity contribution in [1.29, 1.82) is 5.26 Å². The number of hydrazone groups is 1. The van der Waals surface area contributed by atoms with Crippen molar-refractivity contribution in [2.45, 2.75) is 65.0 Å². The molecule has 1 aromatic carbocycles. The van der Waals surface area contributed by atoms with Crippen molar-refractivity contribution in [2.24, 2.45) is 5.10 Å². The van der Waals surface area contributed by atoms with E-state index >= 15 is 0 Å². The van der Waals surface area contributed by atoms with E-state index < -0.39 is 5.91 Å². The van der Waals surface area contributed by atoms with Gasteiger partial charge in [0.1, 0.15) is 6.42 Å². The minimum Gasteiger partial charge on any atom is -0.364 e. The first kappa shape index (κ1) is 18.0. The van der Waals surface area contributed by atoms with Crippen LogP contribution in [0.1, 0.15) is 64.5 Å². The van der Waals surface area contributed by atoms with Gasteiger partial charge in [-0.2, -0.15) is 10.4 Å². The highest BCUT2D eigenvalue weighted by Gasteiger charge is 2.37. The Morgan fingerprint density at radius 1 is 1.54 bits per heavy atom. The highest BCUT2D eigenvalue weighted by Crippen LogP contribution is 2.44. The second kappa shape index (κ2) is 7.04. The van der Waals surface area contributed by atoms with E-state index in [-0.39, 0.29) is 12.0 Å². The molecule has 5 nitrogen and oxygen atoms in total. The summed E-state index contributed by atoms with van der Waals surface area (Å²) in [6.07, 6.45) is 2.54. The van der Waals surface area contributed by atoms with E-state index in [1.54, 1.807) is 12.3 Å². The molecule has 5 heteroatoms. The van der Waals surface area contributed by atoms with Crippen LogP contribution in [-0.2, 0) is 4.79 Å². The molecule has 1 heterocycles. The van der Waals surface area contributed by atoms with E-state index in [0.29, 0.717) is 12.0 Å². The number of anilines is 1. The number of nitrogens with zero attached hydrogens (tertiary/aromatic N) is 3. The summed E-state index contributed by atoms with van der Waals surface area (Å²) in [6.45, 7) is 11.3. The first-order valence-electron chi connectivity index (χ1n) is 8.38. The summed E-state index contributed by atoms with van der Waals surface area (Å²) in [4.78, 5) is 13.7. The topological polar surface area (TPSA) is 68.5 Å². The molecule has 0 spiro atoms. The van der Waals surface area contributed by atoms with Gasteiger partial charge in [-0.15, -0.1) is 0 Å². The maximum atomic E-state index is 11.3. The predicted molar refractivity (Wildman–Crippen MR) is 97.1 cm³/mol. The summed E-state index contributed by atoms with van der Waals surface area (Å²) in [5.41, 5.74) is 6.03. The first-order chi connectivity index (χ1) is 11.3. The Morgan fingerprint density at radius 2 is 2.25 bits per heavy atom. The number of fused-ring (bicyclic) bond motifs is 1. The van der Waals surface area contributed by atoms with Gasteiger partial charge in [-0.1, -0.05) is 13.0 Å². The average Bonchev–Trinajstić information content (AvgIpc) is 2.46. The standard InChI is InChI=1S/C19H26N4O/c1-13(2)23-17-7-6-15(12-21-22-18(24)8-9-20)10-16(17)14(3)11-19(23,4)5/h6-7,10,12-14H,8,11H2,1-5H3,(H,22,24)/b21-12-/t14-/m0/s1. The quantitative estimate of drug-likeness (QED) is 0.679. The van der Waals surface area contributed by atoms with Crippen LogP contribution in [0.25, 0.3) is 0 Å². The van der Waals surface area contributed by atoms with Gasteiger partial charge >= 0.3 is 0 Å². The lowest BCUT2D eigenvalue weighted by Crippen LogP contribution is -2.51. The Hall–Kier alpha value is -2.35. The fourth-order valence-electron chi connectivity index (χ4n) is 3.82. The Morgan fingerprint density at radius 3 is 2.88 bits per heavy atom. The average molecular weight is 326 g/mol. The Kier molecular flexibility index (Phi) is 5.28. The van der Waals surface area contributed by atoms with Gasteiger partial charge in [-0.05, 0) is 63.3 Å². The van der Waals surface area contributed by atoms with Crippen molar-refractivity contribution in [2.75, 3.05) is 4.90 Å². The van der Waals surface area contributed by atoms with E-state index in [1.165, 1.54) is 11.3 Å². The van der Waals surface area contributed by atoms with Crippen LogP contribution in [0.5, 0.6) is 0 Å². The molecular formula is C19H26N4O. The number of nitriles is 1. The highest BCUT2D eigenvalue weighted by atomic mass is 16.2. The van der Waals surface area contributed by atoms with E-state index in [4.69, 9.17) is 5.26 Å². The molecule has 1 atom stereocenters. The number of nitrogens with one attached hydrogen (secondary N) is 1. The van der Waals surface area contributed by atoms with Crippen molar-refractivity contribution in [1.82, 2.24) is 5.43 Å². The van der Waals surface area contributed by atoms with Crippen LogP contribution in [0, 0.1) is 11.3 Å². The molecule has 0 aromatic heterocycles. The highest BCUT2D eigenvalue weighted by molar-refractivity contribution is 5.84. The van der Waals surface area contributed by atoms with E-state index in [1.807, 2.05) is 6.07 Å². The monoisotopic (exact) mass is 326 g/mol. The van der Waals surface area contributed by atoms with Crippen molar-refractivity contribution in [3.63, 3.8) is 0 Å². The molecule has 1 amide bonds. The fourth-order valence-corrected chi connectivity index (χ4v) is 3.82. The Bertz CT molecular complexity index is 685. The lowest BCUT2D eigenvalue weighted by atomic mass is 9.79. The lowest BCUT2D eigenvalue weighted by Gasteiger charge is -2.50. The molecule has 0 aliphatic carbocycles. The number of benzene rings is 1. The second-order valence-corrected chi connectivity index (χ2v) is 7.33. The zero-order valence-corrected chi connectivity index (χ0v) is 15.1. The lowest BCUT2D eigenvalue weighted by molar-refractivity contribution is -0.120. The zero-order chi connectivity index (χ0) is 17.9. The molecule has 0 bridgehead atoms. The summed E-state index contributed by atoms with van der Waals surface area (Å²) in [5, 5.41) is 12.4. The number of amides is 1. The van der Waals surface area contributed by atoms with Crippen molar-refractivity contribution < 1.29 is 4.79 Å². The van der Waals surface area contributed by atoms with Crippen LogP contribution >= 0.6 is 0 Å². The van der Waals surface area contributed by atoms with Gasteiger partial charge in [0.2, 0.25) is 0 Å². The Labute approximate surface area is 144 Å². The molecule has 1 aromatic rings. The first-order valence-corrected chi connectivity index (χ1v) is 8.38. The molecule has 24 heavy (non-hydrogen) atoms. The molecule has 0 unspecified atom stereocenters. The Balaban J connectivity index is 2.27. The van der Waals surface area contributed by atoms with Gasteiger partial charge in [0.05, 0.1) is 12.3 Å². The molecule has 1 aliphatic rings. The number of carbonyl (C=O) groups is 1. The molecular weight excluding hydrogens is 300 g/mol. The molecule has 0 saturated carbocycles. The summed E-state index contributed by atoms with van der Waals surface area (Å²) in [7, 11) is 0. The smallest absolute Gasteiger partial charge is 0.254 e. The number of rotatable bonds is 4. The third kappa shape index (κ3) is 3.76. The molecule has 1 N–H and O–H groups in total. The van der Waals surface area contributed by atoms with Crippen molar-refractivity contribution >= 4 is 17.8 Å². The van der Waals surface area contributed by atoms with E-state index in [0.717, 1.165) is 12.0 Å². The summed E-state index contributed by atoms with van der Waals surface area (Å²) in [6, 6.07) is 8.52. The van der Waals surface area contributed by atoms with Crippen LogP contribution in [0.4, 0.5) is 5.69 Å². The number of carbonyl (C=O) groups excluding carboxylic acids is 1. The SMILES string of the molecule is CC(C)N1c2ccc(/C=N\NC(=O)CC#N)cc2[C@@H](C)CC1(C)C. The maximum Gasteiger partial charge on any atom is 0.254 e. The van der Waals surface area contributed by atoms with Crippen LogP contribution in [0.3, 0.4) is 0 Å². The number of hydrogen-bond donors (Lipinski definition) is 1. The maximum absolute atomic E-state index is 11.3. The van der Waals surface area contributed by atoms with E-state index in [9.17, 15) is 4.79 Å².